The highest BCUT2D eigenvalue weighted by molar-refractivity contribution is 7.99. The number of nitrogens with zero attached hydrogens (tertiary/aromatic N) is 5. The highest BCUT2D eigenvalue weighted by atomic mass is 32.2. The van der Waals surface area contributed by atoms with E-state index in [2.05, 4.69) is 47.5 Å². The zero-order valence-electron chi connectivity index (χ0n) is 19.0. The van der Waals surface area contributed by atoms with Crippen LogP contribution in [0.2, 0.25) is 0 Å². The first-order valence-electron chi connectivity index (χ1n) is 10.6. The molecule has 0 amide bonds. The summed E-state index contributed by atoms with van der Waals surface area (Å²) in [5, 5.41) is 20.6. The molecule has 1 heterocycles. The molecule has 3 rings (SSSR count). The third kappa shape index (κ3) is 5.66. The van der Waals surface area contributed by atoms with E-state index in [9.17, 15) is 18.5 Å². The molecule has 0 radical (unpaired) electrons. The van der Waals surface area contributed by atoms with Gasteiger partial charge in [0.1, 0.15) is 5.82 Å². The van der Waals surface area contributed by atoms with Gasteiger partial charge in [0, 0.05) is 44.2 Å². The van der Waals surface area contributed by atoms with Crippen molar-refractivity contribution in [3.63, 3.8) is 0 Å². The third-order valence-electron chi connectivity index (χ3n) is 5.44. The summed E-state index contributed by atoms with van der Waals surface area (Å²) >= 11 is 1.11. The Balaban J connectivity index is 1.76. The van der Waals surface area contributed by atoms with Crippen molar-refractivity contribution >= 4 is 27.5 Å². The number of benzene rings is 1. The maximum Gasteiger partial charge on any atom is 0.284 e. The number of aromatic nitrogens is 3. The summed E-state index contributed by atoms with van der Waals surface area (Å²) in [5.74, 6) is 1.27. The molecule has 32 heavy (non-hydrogen) atoms. The molecule has 0 unspecified atom stereocenters. The number of nitro groups is 1. The van der Waals surface area contributed by atoms with E-state index in [1.54, 1.807) is 0 Å². The lowest BCUT2D eigenvalue weighted by atomic mass is 10.2. The highest BCUT2D eigenvalue weighted by Gasteiger charge is 2.30. The second-order valence-corrected chi connectivity index (χ2v) is 11.3. The van der Waals surface area contributed by atoms with Crippen molar-refractivity contribution in [1.29, 1.82) is 0 Å². The van der Waals surface area contributed by atoms with Gasteiger partial charge in [-0.15, -0.1) is 10.2 Å². The van der Waals surface area contributed by atoms with Crippen LogP contribution in [0.15, 0.2) is 33.1 Å². The molecule has 1 aromatic heterocycles. The molecule has 176 valence electrons. The summed E-state index contributed by atoms with van der Waals surface area (Å²) in [6, 6.07) is 4.50. The lowest BCUT2D eigenvalue weighted by molar-refractivity contribution is -0.388. The van der Waals surface area contributed by atoms with Gasteiger partial charge in [0.15, 0.2) is 5.16 Å². The predicted octanol–water partition coefficient (Wildman–Crippen LogP) is 3.15. The molecule has 0 atom stereocenters. The number of hydrogen-bond donors (Lipinski definition) is 1. The fraction of sp³-hybridized carbons (Fsp3) is 0.600. The Hall–Kier alpha value is -2.02. The first-order chi connectivity index (χ1) is 15.0. The van der Waals surface area contributed by atoms with Crippen LogP contribution in [-0.2, 0) is 17.1 Å². The van der Waals surface area contributed by atoms with Crippen molar-refractivity contribution in [1.82, 2.24) is 24.4 Å². The highest BCUT2D eigenvalue weighted by Crippen LogP contribution is 2.41. The van der Waals surface area contributed by atoms with Crippen molar-refractivity contribution in [3.8, 4) is 0 Å². The molecule has 0 spiro atoms. The van der Waals surface area contributed by atoms with Gasteiger partial charge in [-0.2, -0.15) is 0 Å². The third-order valence-corrected chi connectivity index (χ3v) is 8.00. The van der Waals surface area contributed by atoms with E-state index in [-0.39, 0.29) is 29.2 Å². The Labute approximate surface area is 193 Å². The number of nitrogens with one attached hydrogen (secondary N) is 1. The fourth-order valence-electron chi connectivity index (χ4n) is 3.61. The van der Waals surface area contributed by atoms with Crippen LogP contribution >= 0.6 is 11.8 Å². The Morgan fingerprint density at radius 2 is 1.91 bits per heavy atom. The average molecular weight is 483 g/mol. The Kier molecular flexibility index (Phi) is 7.58. The summed E-state index contributed by atoms with van der Waals surface area (Å²) in [6.45, 7) is 8.97. The van der Waals surface area contributed by atoms with Crippen LogP contribution in [0, 0.1) is 10.1 Å². The van der Waals surface area contributed by atoms with Gasteiger partial charge in [0.2, 0.25) is 10.0 Å². The molecule has 1 aliphatic rings. The largest absolute Gasteiger partial charge is 0.309 e. The van der Waals surface area contributed by atoms with Gasteiger partial charge < -0.3 is 4.57 Å². The van der Waals surface area contributed by atoms with Gasteiger partial charge in [0.05, 0.1) is 14.7 Å². The van der Waals surface area contributed by atoms with Crippen LogP contribution in [-0.4, -0.2) is 58.2 Å². The van der Waals surface area contributed by atoms with Crippen LogP contribution < -0.4 is 4.72 Å². The van der Waals surface area contributed by atoms with Crippen molar-refractivity contribution < 1.29 is 13.3 Å². The lowest BCUT2D eigenvalue weighted by Gasteiger charge is -2.30. The van der Waals surface area contributed by atoms with Gasteiger partial charge in [0.25, 0.3) is 5.69 Å². The second kappa shape index (κ2) is 9.86. The molecular weight excluding hydrogens is 452 g/mol. The first kappa shape index (κ1) is 24.6. The summed E-state index contributed by atoms with van der Waals surface area (Å²) in [5.41, 5.74) is -0.278. The van der Waals surface area contributed by atoms with E-state index < -0.39 is 14.9 Å². The lowest BCUT2D eigenvalue weighted by Crippen LogP contribution is -2.42. The van der Waals surface area contributed by atoms with Gasteiger partial charge in [-0.05, 0) is 64.4 Å². The Morgan fingerprint density at radius 1 is 1.25 bits per heavy atom. The molecule has 12 heteroatoms. The molecule has 2 aromatic rings. The molecule has 1 aromatic carbocycles. The van der Waals surface area contributed by atoms with Crippen LogP contribution in [0.5, 0.6) is 0 Å². The standard InChI is InChI=1S/C20H30N6O4S2/c1-13(2)25(14(3)4)11-10-21-32(29,30)16-8-9-18(17(12-16)26(27)28)31-20-23-22-19(24(20)5)15-6-7-15/h8-9,12-15,21H,6-7,10-11H2,1-5H3. The molecule has 0 aliphatic heterocycles. The predicted molar refractivity (Wildman–Crippen MR) is 122 cm³/mol. The molecular formula is C20H30N6O4S2. The topological polar surface area (TPSA) is 123 Å². The fourth-order valence-corrected chi connectivity index (χ4v) is 5.53. The SMILES string of the molecule is CC(C)N(CCNS(=O)(=O)c1ccc(Sc2nnc(C3CC3)n2C)c([N+](=O)[O-])c1)C(C)C. The molecule has 0 bridgehead atoms. The normalized spacial score (nSPS) is 14.6. The van der Waals surface area contributed by atoms with E-state index in [1.807, 2.05) is 11.6 Å². The van der Waals surface area contributed by atoms with E-state index in [0.29, 0.717) is 22.5 Å². The number of rotatable bonds is 11. The van der Waals surface area contributed by atoms with E-state index in [4.69, 9.17) is 0 Å². The minimum absolute atomic E-state index is 0.133. The zero-order valence-corrected chi connectivity index (χ0v) is 20.6. The van der Waals surface area contributed by atoms with Crippen molar-refractivity contribution in [2.45, 2.75) is 73.5 Å². The quantitative estimate of drug-likeness (QED) is 0.383. The summed E-state index contributed by atoms with van der Waals surface area (Å²) in [7, 11) is -2.05. The van der Waals surface area contributed by atoms with Crippen molar-refractivity contribution in [2.75, 3.05) is 13.1 Å². The molecule has 1 saturated carbocycles. The maximum absolute atomic E-state index is 12.8. The first-order valence-corrected chi connectivity index (χ1v) is 12.9. The van der Waals surface area contributed by atoms with Crippen LogP contribution in [0.25, 0.3) is 0 Å². The second-order valence-electron chi connectivity index (χ2n) is 8.49. The van der Waals surface area contributed by atoms with Gasteiger partial charge >= 0.3 is 0 Å². The molecule has 0 saturated heterocycles. The van der Waals surface area contributed by atoms with Gasteiger partial charge in [-0.25, -0.2) is 13.1 Å². The summed E-state index contributed by atoms with van der Waals surface area (Å²) in [4.78, 5) is 13.5. The number of sulfonamides is 1. The van der Waals surface area contributed by atoms with E-state index in [0.717, 1.165) is 36.5 Å². The van der Waals surface area contributed by atoms with Crippen molar-refractivity contribution in [3.05, 3.63) is 34.1 Å². The van der Waals surface area contributed by atoms with Crippen molar-refractivity contribution in [2.24, 2.45) is 7.05 Å². The average Bonchev–Trinajstić information content (AvgIpc) is 3.49. The molecule has 1 fully saturated rings. The smallest absolute Gasteiger partial charge is 0.284 e. The minimum atomic E-state index is -3.88. The molecule has 1 N–H and O–H groups in total. The van der Waals surface area contributed by atoms with Gasteiger partial charge in [-0.1, -0.05) is 0 Å². The van der Waals surface area contributed by atoms with Crippen LogP contribution in [0.3, 0.4) is 0 Å². The zero-order chi connectivity index (χ0) is 23.6. The van der Waals surface area contributed by atoms with E-state index >= 15 is 0 Å². The summed E-state index contributed by atoms with van der Waals surface area (Å²) < 4.78 is 29.9. The van der Waals surface area contributed by atoms with Gasteiger partial charge in [-0.3, -0.25) is 15.0 Å². The van der Waals surface area contributed by atoms with Crippen LogP contribution in [0.1, 0.15) is 52.3 Å². The Bertz CT molecular complexity index is 1070. The van der Waals surface area contributed by atoms with E-state index in [1.165, 1.54) is 12.1 Å². The minimum Gasteiger partial charge on any atom is -0.309 e. The number of hydrogen-bond acceptors (Lipinski definition) is 8. The maximum atomic E-state index is 12.8. The summed E-state index contributed by atoms with van der Waals surface area (Å²) in [6.07, 6.45) is 2.14. The Morgan fingerprint density at radius 3 is 2.47 bits per heavy atom. The van der Waals surface area contributed by atoms with Crippen LogP contribution in [0.4, 0.5) is 5.69 Å². The molecule has 1 aliphatic carbocycles. The molecule has 10 nitrogen and oxygen atoms in total. The number of nitro benzene ring substituents is 1. The monoisotopic (exact) mass is 482 g/mol.